The lowest BCUT2D eigenvalue weighted by Crippen LogP contribution is -2.66. The van der Waals surface area contributed by atoms with Crippen LogP contribution in [0, 0.1) is 5.92 Å². The van der Waals surface area contributed by atoms with Crippen LogP contribution in [0.3, 0.4) is 0 Å². The molecule has 2 fully saturated rings. The number of amides is 1. The largest absolute Gasteiger partial charge is 0.463 e. The Labute approximate surface area is 142 Å². The van der Waals surface area contributed by atoms with Crippen LogP contribution in [0.5, 0.6) is 6.01 Å². The molecular formula is C17H25N3O4. The van der Waals surface area contributed by atoms with Gasteiger partial charge in [-0.2, -0.15) is 0 Å². The number of aromatic nitrogens is 2. The summed E-state index contributed by atoms with van der Waals surface area (Å²) in [6.07, 6.45) is 6.78. The summed E-state index contributed by atoms with van der Waals surface area (Å²) in [6.45, 7) is 3.25. The summed E-state index contributed by atoms with van der Waals surface area (Å²) in [4.78, 5) is 22.0. The predicted octanol–water partition coefficient (Wildman–Crippen LogP) is 1.29. The number of ether oxygens (including phenoxy) is 3. The second-order valence-electron chi connectivity index (χ2n) is 6.55. The molecule has 2 saturated heterocycles. The number of hydrogen-bond donors (Lipinski definition) is 0. The molecule has 0 aromatic carbocycles. The maximum Gasteiger partial charge on any atom is 0.316 e. The molecule has 1 atom stereocenters. The van der Waals surface area contributed by atoms with Crippen LogP contribution in [0.1, 0.15) is 25.7 Å². The third-order valence-electron chi connectivity index (χ3n) is 4.73. The van der Waals surface area contributed by atoms with E-state index in [1.54, 1.807) is 25.6 Å². The van der Waals surface area contributed by atoms with Crippen molar-refractivity contribution in [1.82, 2.24) is 14.9 Å². The Balaban J connectivity index is 1.40. The molecule has 2 aliphatic heterocycles. The van der Waals surface area contributed by atoms with E-state index in [1.807, 2.05) is 4.90 Å². The van der Waals surface area contributed by atoms with E-state index in [1.165, 1.54) is 0 Å². The van der Waals surface area contributed by atoms with Crippen molar-refractivity contribution in [3.63, 3.8) is 0 Å². The van der Waals surface area contributed by atoms with Crippen LogP contribution in [-0.4, -0.2) is 66.4 Å². The van der Waals surface area contributed by atoms with Crippen LogP contribution in [0.15, 0.2) is 18.5 Å². The average Bonchev–Trinajstić information content (AvgIpc) is 2.58. The Morgan fingerprint density at radius 3 is 2.92 bits per heavy atom. The minimum absolute atomic E-state index is 0.144. The Kier molecular flexibility index (Phi) is 5.63. The van der Waals surface area contributed by atoms with Gasteiger partial charge in [0.05, 0.1) is 32.7 Å². The van der Waals surface area contributed by atoms with Gasteiger partial charge in [-0.25, -0.2) is 9.97 Å². The molecule has 1 aromatic heterocycles. The molecule has 0 aliphatic carbocycles. The highest BCUT2D eigenvalue weighted by atomic mass is 16.5. The molecule has 1 amide bonds. The molecule has 132 valence electrons. The van der Waals surface area contributed by atoms with Gasteiger partial charge >= 0.3 is 6.01 Å². The van der Waals surface area contributed by atoms with E-state index in [9.17, 15) is 4.79 Å². The lowest BCUT2D eigenvalue weighted by molar-refractivity contribution is -0.189. The third-order valence-corrected chi connectivity index (χ3v) is 4.73. The third kappa shape index (κ3) is 4.21. The molecule has 3 heterocycles. The smallest absolute Gasteiger partial charge is 0.316 e. The van der Waals surface area contributed by atoms with Gasteiger partial charge < -0.3 is 19.1 Å². The number of nitrogens with zero attached hydrogens (tertiary/aromatic N) is 3. The highest BCUT2D eigenvalue weighted by Crippen LogP contribution is 2.38. The zero-order valence-corrected chi connectivity index (χ0v) is 14.1. The summed E-state index contributed by atoms with van der Waals surface area (Å²) in [5, 5.41) is 0. The van der Waals surface area contributed by atoms with Gasteiger partial charge in [-0.3, -0.25) is 4.79 Å². The summed E-state index contributed by atoms with van der Waals surface area (Å²) in [5.41, 5.74) is -0.144. The van der Waals surface area contributed by atoms with Crippen molar-refractivity contribution in [2.24, 2.45) is 5.92 Å². The van der Waals surface area contributed by atoms with Gasteiger partial charge in [0.25, 0.3) is 0 Å². The highest BCUT2D eigenvalue weighted by Gasteiger charge is 2.48. The average molecular weight is 335 g/mol. The number of hydrogen-bond acceptors (Lipinski definition) is 6. The van der Waals surface area contributed by atoms with Crippen molar-refractivity contribution in [3.8, 4) is 6.01 Å². The summed E-state index contributed by atoms with van der Waals surface area (Å²) < 4.78 is 16.5. The van der Waals surface area contributed by atoms with E-state index in [2.05, 4.69) is 9.97 Å². The molecule has 0 saturated carbocycles. The van der Waals surface area contributed by atoms with Gasteiger partial charge in [0.15, 0.2) is 0 Å². The van der Waals surface area contributed by atoms with E-state index in [0.29, 0.717) is 44.7 Å². The van der Waals surface area contributed by atoms with Gasteiger partial charge in [-0.1, -0.05) is 0 Å². The van der Waals surface area contributed by atoms with E-state index in [4.69, 9.17) is 14.2 Å². The quantitative estimate of drug-likeness (QED) is 0.747. The van der Waals surface area contributed by atoms with E-state index in [-0.39, 0.29) is 11.5 Å². The summed E-state index contributed by atoms with van der Waals surface area (Å²) in [6, 6.07) is 2.20. The maximum atomic E-state index is 12.0. The first-order valence-electron chi connectivity index (χ1n) is 8.51. The summed E-state index contributed by atoms with van der Waals surface area (Å²) >= 11 is 0. The number of carbonyl (C=O) groups is 1. The van der Waals surface area contributed by atoms with Crippen LogP contribution in [0.25, 0.3) is 0 Å². The number of rotatable bonds is 7. The molecule has 0 bridgehead atoms. The second-order valence-corrected chi connectivity index (χ2v) is 6.55. The Morgan fingerprint density at radius 1 is 1.38 bits per heavy atom. The topological polar surface area (TPSA) is 73.8 Å². The van der Waals surface area contributed by atoms with Gasteiger partial charge in [0.1, 0.15) is 5.60 Å². The van der Waals surface area contributed by atoms with Crippen molar-refractivity contribution in [2.75, 3.05) is 40.0 Å². The standard InChI is InChI=1S/C17H25N3O4/c1-22-8-5-15(21)20-12-17(13-20)11-14(4-10-24-17)3-9-23-16-18-6-2-7-19-16/h2,6-7,14H,3-5,8-13H2,1H3. The van der Waals surface area contributed by atoms with Crippen LogP contribution < -0.4 is 4.74 Å². The van der Waals surface area contributed by atoms with Gasteiger partial charge in [-0.05, 0) is 31.2 Å². The first-order valence-corrected chi connectivity index (χ1v) is 8.51. The molecular weight excluding hydrogens is 310 g/mol. The molecule has 2 aliphatic rings. The molecule has 0 radical (unpaired) electrons. The first-order chi connectivity index (χ1) is 11.7. The van der Waals surface area contributed by atoms with E-state index < -0.39 is 0 Å². The zero-order chi connectivity index (χ0) is 16.8. The molecule has 24 heavy (non-hydrogen) atoms. The van der Waals surface area contributed by atoms with Gasteiger partial charge in [-0.15, -0.1) is 0 Å². The summed E-state index contributed by atoms with van der Waals surface area (Å²) in [7, 11) is 1.61. The molecule has 1 aromatic rings. The molecule has 7 nitrogen and oxygen atoms in total. The normalized spacial score (nSPS) is 22.2. The fraction of sp³-hybridized carbons (Fsp3) is 0.706. The lowest BCUT2D eigenvalue weighted by Gasteiger charge is -2.53. The zero-order valence-electron chi connectivity index (χ0n) is 14.1. The fourth-order valence-electron chi connectivity index (χ4n) is 3.45. The van der Waals surface area contributed by atoms with Crippen molar-refractivity contribution in [1.29, 1.82) is 0 Å². The molecule has 7 heteroatoms. The van der Waals surface area contributed by atoms with Crippen LogP contribution >= 0.6 is 0 Å². The van der Waals surface area contributed by atoms with Crippen LogP contribution in [0.4, 0.5) is 0 Å². The monoisotopic (exact) mass is 335 g/mol. The maximum absolute atomic E-state index is 12.0. The van der Waals surface area contributed by atoms with Crippen molar-refractivity contribution < 1.29 is 19.0 Å². The lowest BCUT2D eigenvalue weighted by atomic mass is 9.79. The molecule has 0 N–H and O–H groups in total. The highest BCUT2D eigenvalue weighted by molar-refractivity contribution is 5.77. The fourth-order valence-corrected chi connectivity index (χ4v) is 3.45. The predicted molar refractivity (Wildman–Crippen MR) is 86.6 cm³/mol. The minimum Gasteiger partial charge on any atom is -0.463 e. The van der Waals surface area contributed by atoms with E-state index in [0.717, 1.165) is 25.9 Å². The van der Waals surface area contributed by atoms with E-state index >= 15 is 0 Å². The minimum atomic E-state index is -0.144. The van der Waals surface area contributed by atoms with Crippen molar-refractivity contribution in [3.05, 3.63) is 18.5 Å². The van der Waals surface area contributed by atoms with Gasteiger partial charge in [0.2, 0.25) is 5.91 Å². The Morgan fingerprint density at radius 2 is 2.17 bits per heavy atom. The second kappa shape index (κ2) is 7.90. The van der Waals surface area contributed by atoms with Gasteiger partial charge in [0, 0.05) is 26.1 Å². The van der Waals surface area contributed by atoms with Crippen molar-refractivity contribution in [2.45, 2.75) is 31.3 Å². The molecule has 1 spiro atoms. The first kappa shape index (κ1) is 17.1. The number of likely N-dealkylation sites (tertiary alicyclic amines) is 1. The number of methoxy groups -OCH3 is 1. The van der Waals surface area contributed by atoms with Crippen LogP contribution in [0.2, 0.25) is 0 Å². The number of carbonyl (C=O) groups excluding carboxylic acids is 1. The molecule has 3 rings (SSSR count). The summed E-state index contributed by atoms with van der Waals surface area (Å²) in [5.74, 6) is 0.705. The SMILES string of the molecule is COCCC(=O)N1CC2(CC(CCOc3ncccn3)CCO2)C1. The van der Waals surface area contributed by atoms with Crippen molar-refractivity contribution >= 4 is 5.91 Å². The Bertz CT molecular complexity index is 534. The van der Waals surface area contributed by atoms with Crippen LogP contribution in [-0.2, 0) is 14.3 Å². The Hall–Kier alpha value is -1.73. The molecule has 1 unspecified atom stereocenters.